The highest BCUT2D eigenvalue weighted by atomic mass is 16.2. The summed E-state index contributed by atoms with van der Waals surface area (Å²) in [6.07, 6.45) is 8.03. The minimum Gasteiger partial charge on any atom is -0.341 e. The van der Waals surface area contributed by atoms with Crippen molar-refractivity contribution in [3.8, 4) is 12.3 Å². The Morgan fingerprint density at radius 3 is 3.08 bits per heavy atom. The molecule has 0 aromatic heterocycles. The topological polar surface area (TPSA) is 41.1 Å². The van der Waals surface area contributed by atoms with Gasteiger partial charge < -0.3 is 10.6 Å². The van der Waals surface area contributed by atoms with Gasteiger partial charge in [0, 0.05) is 0 Å². The number of amides is 1. The zero-order chi connectivity index (χ0) is 9.68. The number of rotatable bonds is 3. The van der Waals surface area contributed by atoms with Crippen molar-refractivity contribution in [1.29, 1.82) is 0 Å². The summed E-state index contributed by atoms with van der Waals surface area (Å²) in [5, 5.41) is 5.95. The van der Waals surface area contributed by atoms with Crippen molar-refractivity contribution in [1.82, 2.24) is 10.6 Å². The Kier molecular flexibility index (Phi) is 3.78. The fourth-order valence-electron chi connectivity index (χ4n) is 1.44. The van der Waals surface area contributed by atoms with Gasteiger partial charge in [-0.3, -0.25) is 4.79 Å². The van der Waals surface area contributed by atoms with Gasteiger partial charge in [-0.05, 0) is 25.8 Å². The van der Waals surface area contributed by atoms with Crippen molar-refractivity contribution in [2.45, 2.75) is 38.3 Å². The molecule has 72 valence electrons. The summed E-state index contributed by atoms with van der Waals surface area (Å²) in [7, 11) is 0. The molecule has 0 radical (unpaired) electrons. The summed E-state index contributed by atoms with van der Waals surface area (Å²) in [4.78, 5) is 11.5. The second-order valence-corrected chi connectivity index (χ2v) is 3.29. The Morgan fingerprint density at radius 2 is 2.62 bits per heavy atom. The summed E-state index contributed by atoms with van der Waals surface area (Å²) in [6, 6.07) is -0.141. The molecule has 1 aliphatic rings. The summed E-state index contributed by atoms with van der Waals surface area (Å²) in [6.45, 7) is 2.90. The van der Waals surface area contributed by atoms with Crippen LogP contribution in [0.25, 0.3) is 0 Å². The molecule has 2 atom stereocenters. The van der Waals surface area contributed by atoms with Gasteiger partial charge in [0.1, 0.15) is 0 Å². The molecule has 2 N–H and O–H groups in total. The highest BCUT2D eigenvalue weighted by molar-refractivity contribution is 5.82. The largest absolute Gasteiger partial charge is 0.341 e. The molecule has 2 unspecified atom stereocenters. The number of terminal acetylenes is 1. The smallest absolute Gasteiger partial charge is 0.238 e. The van der Waals surface area contributed by atoms with Gasteiger partial charge in [0.25, 0.3) is 0 Å². The lowest BCUT2D eigenvalue weighted by Gasteiger charge is -2.14. The normalized spacial score (nSPS) is 23.5. The average molecular weight is 180 g/mol. The molecule has 3 heteroatoms. The molecule has 1 rings (SSSR count). The first-order valence-corrected chi connectivity index (χ1v) is 4.77. The zero-order valence-corrected chi connectivity index (χ0v) is 7.97. The minimum absolute atomic E-state index is 0.0256. The van der Waals surface area contributed by atoms with E-state index < -0.39 is 0 Å². The van der Waals surface area contributed by atoms with Crippen LogP contribution in [-0.4, -0.2) is 24.5 Å². The van der Waals surface area contributed by atoms with Crippen LogP contribution in [-0.2, 0) is 4.79 Å². The van der Waals surface area contributed by atoms with Crippen LogP contribution >= 0.6 is 0 Å². The van der Waals surface area contributed by atoms with E-state index in [9.17, 15) is 4.79 Å². The van der Waals surface area contributed by atoms with Crippen molar-refractivity contribution < 1.29 is 4.79 Å². The maximum atomic E-state index is 11.5. The predicted octanol–water partition coefficient (Wildman–Crippen LogP) is 0.266. The second kappa shape index (κ2) is 4.88. The first kappa shape index (κ1) is 10.1. The van der Waals surface area contributed by atoms with E-state index in [4.69, 9.17) is 6.42 Å². The SMILES string of the molecule is C#CC(CC)NC(=O)C1CCCN1. The lowest BCUT2D eigenvalue weighted by atomic mass is 10.2. The minimum atomic E-state index is -0.116. The molecule has 1 amide bonds. The van der Waals surface area contributed by atoms with Crippen molar-refractivity contribution in [2.75, 3.05) is 6.54 Å². The molecule has 1 fully saturated rings. The molecule has 0 bridgehead atoms. The number of hydrogen-bond acceptors (Lipinski definition) is 2. The van der Waals surface area contributed by atoms with Crippen LogP contribution in [0.4, 0.5) is 0 Å². The Balaban J connectivity index is 2.35. The van der Waals surface area contributed by atoms with Crippen molar-refractivity contribution >= 4 is 5.91 Å². The summed E-state index contributed by atoms with van der Waals surface area (Å²) >= 11 is 0. The fourth-order valence-corrected chi connectivity index (χ4v) is 1.44. The second-order valence-electron chi connectivity index (χ2n) is 3.29. The molecule has 1 heterocycles. The number of hydrogen-bond donors (Lipinski definition) is 2. The van der Waals surface area contributed by atoms with Crippen LogP contribution in [0.3, 0.4) is 0 Å². The maximum Gasteiger partial charge on any atom is 0.238 e. The van der Waals surface area contributed by atoms with Gasteiger partial charge in [-0.1, -0.05) is 12.8 Å². The van der Waals surface area contributed by atoms with Crippen LogP contribution in [0.2, 0.25) is 0 Å². The molecule has 0 aromatic carbocycles. The Bertz CT molecular complexity index is 213. The Morgan fingerprint density at radius 1 is 1.85 bits per heavy atom. The third kappa shape index (κ3) is 2.74. The van der Waals surface area contributed by atoms with Gasteiger partial charge >= 0.3 is 0 Å². The van der Waals surface area contributed by atoms with E-state index in [1.165, 1.54) is 0 Å². The molecule has 0 spiro atoms. The molecular formula is C10H16N2O. The summed E-state index contributed by atoms with van der Waals surface area (Å²) < 4.78 is 0. The van der Waals surface area contributed by atoms with Crippen molar-refractivity contribution in [3.63, 3.8) is 0 Å². The predicted molar refractivity (Wildman–Crippen MR) is 52.1 cm³/mol. The zero-order valence-electron chi connectivity index (χ0n) is 7.97. The summed E-state index contributed by atoms with van der Waals surface area (Å²) in [5.74, 6) is 2.59. The van der Waals surface area contributed by atoms with E-state index in [0.717, 1.165) is 25.8 Å². The van der Waals surface area contributed by atoms with Crippen LogP contribution in [0, 0.1) is 12.3 Å². The van der Waals surface area contributed by atoms with Crippen LogP contribution in [0.5, 0.6) is 0 Å². The molecule has 13 heavy (non-hydrogen) atoms. The highest BCUT2D eigenvalue weighted by Gasteiger charge is 2.22. The average Bonchev–Trinajstić information content (AvgIpc) is 2.66. The molecule has 1 saturated heterocycles. The molecule has 1 aliphatic heterocycles. The van der Waals surface area contributed by atoms with E-state index in [2.05, 4.69) is 16.6 Å². The third-order valence-electron chi connectivity index (χ3n) is 2.30. The number of carbonyl (C=O) groups excluding carboxylic acids is 1. The van der Waals surface area contributed by atoms with E-state index in [1.807, 2.05) is 6.92 Å². The van der Waals surface area contributed by atoms with Gasteiger partial charge in [-0.25, -0.2) is 0 Å². The van der Waals surface area contributed by atoms with E-state index >= 15 is 0 Å². The van der Waals surface area contributed by atoms with Crippen LogP contribution < -0.4 is 10.6 Å². The van der Waals surface area contributed by atoms with E-state index in [0.29, 0.717) is 0 Å². The molecule has 3 nitrogen and oxygen atoms in total. The molecule has 0 aromatic rings. The van der Waals surface area contributed by atoms with Crippen LogP contribution in [0.15, 0.2) is 0 Å². The number of carbonyl (C=O) groups is 1. The lowest BCUT2D eigenvalue weighted by Crippen LogP contribution is -2.44. The molecule has 0 saturated carbocycles. The Hall–Kier alpha value is -1.01. The van der Waals surface area contributed by atoms with Gasteiger partial charge in [0.05, 0.1) is 12.1 Å². The summed E-state index contributed by atoms with van der Waals surface area (Å²) in [5.41, 5.74) is 0. The van der Waals surface area contributed by atoms with Crippen molar-refractivity contribution in [2.24, 2.45) is 0 Å². The third-order valence-corrected chi connectivity index (χ3v) is 2.30. The van der Waals surface area contributed by atoms with E-state index in [1.54, 1.807) is 0 Å². The number of nitrogens with one attached hydrogen (secondary N) is 2. The van der Waals surface area contributed by atoms with Gasteiger partial charge in [-0.2, -0.15) is 0 Å². The monoisotopic (exact) mass is 180 g/mol. The van der Waals surface area contributed by atoms with Crippen molar-refractivity contribution in [3.05, 3.63) is 0 Å². The van der Waals surface area contributed by atoms with Gasteiger partial charge in [-0.15, -0.1) is 6.42 Å². The van der Waals surface area contributed by atoms with E-state index in [-0.39, 0.29) is 18.0 Å². The van der Waals surface area contributed by atoms with Gasteiger partial charge in [0.15, 0.2) is 0 Å². The lowest BCUT2D eigenvalue weighted by molar-refractivity contribution is -0.123. The molecular weight excluding hydrogens is 164 g/mol. The first-order chi connectivity index (χ1) is 6.27. The highest BCUT2D eigenvalue weighted by Crippen LogP contribution is 2.05. The fraction of sp³-hybridized carbons (Fsp3) is 0.700. The van der Waals surface area contributed by atoms with Crippen LogP contribution in [0.1, 0.15) is 26.2 Å². The van der Waals surface area contributed by atoms with Gasteiger partial charge in [0.2, 0.25) is 5.91 Å². The first-order valence-electron chi connectivity index (χ1n) is 4.77. The Labute approximate surface area is 79.3 Å². The standard InChI is InChI=1S/C10H16N2O/c1-3-8(4-2)12-10(13)9-6-5-7-11-9/h1,8-9,11H,4-7H2,2H3,(H,12,13). The maximum absolute atomic E-state index is 11.5. The quantitative estimate of drug-likeness (QED) is 0.612. The molecule has 0 aliphatic carbocycles.